The second-order valence-electron chi connectivity index (χ2n) is 5.04. The van der Waals surface area contributed by atoms with Crippen LogP contribution in [-0.2, 0) is 6.18 Å². The molecule has 21 heavy (non-hydrogen) atoms. The zero-order valence-corrected chi connectivity index (χ0v) is 13.7. The van der Waals surface area contributed by atoms with Crippen molar-refractivity contribution in [2.24, 2.45) is 0 Å². The van der Waals surface area contributed by atoms with Crippen LogP contribution in [0, 0.1) is 0 Å². The van der Waals surface area contributed by atoms with Gasteiger partial charge in [0.25, 0.3) is 0 Å². The van der Waals surface area contributed by atoms with E-state index in [0.29, 0.717) is 10.5 Å². The lowest BCUT2D eigenvalue weighted by Crippen LogP contribution is -2.37. The molecular weight excluding hydrogens is 315 g/mol. The number of alkyl halides is 3. The van der Waals surface area contributed by atoms with Crippen LogP contribution in [0.25, 0.3) is 0 Å². The van der Waals surface area contributed by atoms with E-state index >= 15 is 0 Å². The molecule has 1 aromatic rings. The maximum Gasteiger partial charge on any atom is 0.416 e. The monoisotopic (exact) mass is 335 g/mol. The first-order chi connectivity index (χ1) is 9.97. The topological polar surface area (TPSA) is 12.0 Å². The molecule has 1 nitrogen and oxygen atoms in total. The zero-order chi connectivity index (χ0) is 15.5. The minimum Gasteiger partial charge on any atom is -0.312 e. The van der Waals surface area contributed by atoms with Crippen LogP contribution in [0.4, 0.5) is 13.2 Å². The lowest BCUT2D eigenvalue weighted by molar-refractivity contribution is -0.137. The van der Waals surface area contributed by atoms with Crippen LogP contribution in [0.1, 0.15) is 30.5 Å². The van der Waals surface area contributed by atoms with Crippen molar-refractivity contribution in [3.8, 4) is 0 Å². The van der Waals surface area contributed by atoms with Gasteiger partial charge in [-0.2, -0.15) is 36.7 Å². The van der Waals surface area contributed by atoms with Gasteiger partial charge in [0.05, 0.1) is 5.56 Å². The minimum absolute atomic E-state index is 0.0463. The van der Waals surface area contributed by atoms with Gasteiger partial charge in [0, 0.05) is 28.0 Å². The summed E-state index contributed by atoms with van der Waals surface area (Å²) in [4.78, 5) is 0. The van der Waals surface area contributed by atoms with Gasteiger partial charge in [0.1, 0.15) is 0 Å². The van der Waals surface area contributed by atoms with Crippen LogP contribution in [0.5, 0.6) is 0 Å². The summed E-state index contributed by atoms with van der Waals surface area (Å²) in [7, 11) is 1.83. The molecule has 0 aliphatic carbocycles. The van der Waals surface area contributed by atoms with E-state index in [1.165, 1.54) is 12.1 Å². The lowest BCUT2D eigenvalue weighted by atomic mass is 9.98. The number of hydrogen-bond acceptors (Lipinski definition) is 3. The summed E-state index contributed by atoms with van der Waals surface area (Å²) in [6.45, 7) is 2.15. The van der Waals surface area contributed by atoms with Gasteiger partial charge in [-0.25, -0.2) is 0 Å². The molecule has 1 heterocycles. The Kier molecular flexibility index (Phi) is 5.91. The van der Waals surface area contributed by atoms with E-state index in [1.807, 2.05) is 30.6 Å². The Morgan fingerprint density at radius 3 is 2.62 bits per heavy atom. The van der Waals surface area contributed by atoms with Crippen molar-refractivity contribution >= 4 is 23.5 Å². The fraction of sp³-hybridized carbons (Fsp3) is 0.600. The molecule has 1 aliphatic heterocycles. The number of nitrogens with one attached hydrogen (secondary N) is 1. The Hall–Kier alpha value is -0.330. The fourth-order valence-corrected chi connectivity index (χ4v) is 5.97. The predicted octanol–water partition coefficient (Wildman–Crippen LogP) is 4.59. The molecule has 1 saturated heterocycles. The molecule has 3 atom stereocenters. The maximum absolute atomic E-state index is 12.9. The highest BCUT2D eigenvalue weighted by Gasteiger charge is 2.34. The average Bonchev–Trinajstić information content (AvgIpc) is 2.48. The third-order valence-electron chi connectivity index (χ3n) is 3.71. The number of halogens is 3. The normalized spacial score (nSPS) is 24.8. The zero-order valence-electron chi connectivity index (χ0n) is 12.1. The summed E-state index contributed by atoms with van der Waals surface area (Å²) in [6.07, 6.45) is -3.24. The smallest absolute Gasteiger partial charge is 0.312 e. The van der Waals surface area contributed by atoms with Gasteiger partial charge >= 0.3 is 6.18 Å². The van der Waals surface area contributed by atoms with Crippen LogP contribution in [0.3, 0.4) is 0 Å². The van der Waals surface area contributed by atoms with Gasteiger partial charge in [-0.1, -0.05) is 19.1 Å². The molecule has 0 amide bonds. The van der Waals surface area contributed by atoms with Crippen LogP contribution in [-0.4, -0.2) is 29.1 Å². The molecular formula is C15H20F3NS2. The first-order valence-electron chi connectivity index (χ1n) is 7.05. The van der Waals surface area contributed by atoms with E-state index < -0.39 is 11.7 Å². The van der Waals surface area contributed by atoms with Gasteiger partial charge in [0.15, 0.2) is 0 Å². The Labute approximate surface area is 132 Å². The van der Waals surface area contributed by atoms with E-state index in [-0.39, 0.29) is 6.04 Å². The Balaban J connectivity index is 2.28. The van der Waals surface area contributed by atoms with Crippen LogP contribution < -0.4 is 5.32 Å². The van der Waals surface area contributed by atoms with Crippen molar-refractivity contribution in [1.82, 2.24) is 5.32 Å². The quantitative estimate of drug-likeness (QED) is 0.864. The molecule has 1 aromatic carbocycles. The molecule has 1 aliphatic rings. The van der Waals surface area contributed by atoms with Crippen molar-refractivity contribution in [2.45, 2.75) is 36.1 Å². The summed E-state index contributed by atoms with van der Waals surface area (Å²) in [6, 6.07) is 5.67. The summed E-state index contributed by atoms with van der Waals surface area (Å²) in [5.41, 5.74) is 0.160. The molecule has 6 heteroatoms. The van der Waals surface area contributed by atoms with Gasteiger partial charge < -0.3 is 5.32 Å². The van der Waals surface area contributed by atoms with E-state index in [2.05, 4.69) is 12.2 Å². The van der Waals surface area contributed by atoms with Crippen LogP contribution >= 0.6 is 23.5 Å². The number of thioether (sulfide) groups is 2. The second kappa shape index (κ2) is 7.29. The molecule has 0 radical (unpaired) electrons. The van der Waals surface area contributed by atoms with Gasteiger partial charge in [-0.3, -0.25) is 0 Å². The van der Waals surface area contributed by atoms with Gasteiger partial charge in [0.2, 0.25) is 0 Å². The molecule has 0 aromatic heterocycles. The first kappa shape index (κ1) is 17.0. The molecule has 0 saturated carbocycles. The van der Waals surface area contributed by atoms with Crippen molar-refractivity contribution in [3.05, 3.63) is 35.4 Å². The molecule has 3 unspecified atom stereocenters. The summed E-state index contributed by atoms with van der Waals surface area (Å²) >= 11 is 3.81. The summed E-state index contributed by atoms with van der Waals surface area (Å²) < 4.78 is 38.7. The minimum atomic E-state index is -4.28. The molecule has 1 N–H and O–H groups in total. The third-order valence-corrected chi connectivity index (χ3v) is 7.06. The first-order valence-corrected chi connectivity index (χ1v) is 9.14. The maximum atomic E-state index is 12.9. The number of hydrogen-bond donors (Lipinski definition) is 1. The molecule has 1 fully saturated rings. The number of benzene rings is 1. The van der Waals surface area contributed by atoms with Crippen molar-refractivity contribution in [2.75, 3.05) is 18.6 Å². The highest BCUT2D eigenvalue weighted by Crippen LogP contribution is 2.41. The van der Waals surface area contributed by atoms with Crippen molar-refractivity contribution < 1.29 is 13.2 Å². The van der Waals surface area contributed by atoms with Crippen LogP contribution in [0.2, 0.25) is 0 Å². The van der Waals surface area contributed by atoms with Crippen molar-refractivity contribution in [3.63, 3.8) is 0 Å². The summed E-state index contributed by atoms with van der Waals surface area (Å²) in [5.74, 6) is 2.18. The molecule has 0 spiro atoms. The fourth-order valence-electron chi connectivity index (χ4n) is 2.68. The highest BCUT2D eigenvalue weighted by atomic mass is 32.2. The Bertz CT molecular complexity index is 464. The lowest BCUT2D eigenvalue weighted by Gasteiger charge is -2.36. The van der Waals surface area contributed by atoms with Gasteiger partial charge in [-0.05, 0) is 31.2 Å². The van der Waals surface area contributed by atoms with Gasteiger partial charge in [-0.15, -0.1) is 0 Å². The largest absolute Gasteiger partial charge is 0.416 e. The van der Waals surface area contributed by atoms with E-state index in [9.17, 15) is 13.2 Å². The predicted molar refractivity (Wildman–Crippen MR) is 86.0 cm³/mol. The standard InChI is InChI=1S/C15H20F3NS2/c1-3-12-14(21-8-7-20-12)13(19-2)10-5-4-6-11(9-10)15(16,17)18/h4-6,9,12-14,19H,3,7-8H2,1-2H3. The molecule has 2 rings (SSSR count). The third kappa shape index (κ3) is 4.11. The molecule has 118 valence electrons. The Morgan fingerprint density at radius 2 is 2.00 bits per heavy atom. The SMILES string of the molecule is CCC1SCCSC1C(NC)c1cccc(C(F)(F)F)c1. The summed E-state index contributed by atoms with van der Waals surface area (Å²) in [5, 5.41) is 4.02. The van der Waals surface area contributed by atoms with E-state index in [0.717, 1.165) is 29.6 Å². The Morgan fingerprint density at radius 1 is 1.29 bits per heavy atom. The van der Waals surface area contributed by atoms with E-state index in [4.69, 9.17) is 0 Å². The molecule has 0 bridgehead atoms. The highest BCUT2D eigenvalue weighted by molar-refractivity contribution is 8.07. The van der Waals surface area contributed by atoms with E-state index in [1.54, 1.807) is 6.07 Å². The average molecular weight is 335 g/mol. The van der Waals surface area contributed by atoms with Crippen LogP contribution in [0.15, 0.2) is 24.3 Å². The van der Waals surface area contributed by atoms with Crippen molar-refractivity contribution in [1.29, 1.82) is 0 Å². The number of rotatable bonds is 4. The second-order valence-corrected chi connectivity index (χ2v) is 7.68.